The normalized spacial score (nSPS) is 15.6. The first kappa shape index (κ1) is 26.1. The van der Waals surface area contributed by atoms with E-state index >= 15 is 0 Å². The van der Waals surface area contributed by atoms with Crippen molar-refractivity contribution < 1.29 is 17.9 Å². The molecule has 3 heterocycles. The van der Waals surface area contributed by atoms with Crippen LogP contribution in [-0.4, -0.2) is 57.6 Å². The number of nitrogens with zero attached hydrogens (tertiary/aromatic N) is 3. The smallest absolute Gasteiger partial charge is 0.244 e. The van der Waals surface area contributed by atoms with Crippen molar-refractivity contribution in [3.8, 4) is 11.5 Å². The van der Waals surface area contributed by atoms with Gasteiger partial charge in [0.25, 0.3) is 0 Å². The molecular weight excluding hydrogens is 500 g/mol. The van der Waals surface area contributed by atoms with Gasteiger partial charge in [-0.3, -0.25) is 0 Å². The summed E-state index contributed by atoms with van der Waals surface area (Å²) < 4.78 is 36.7. The molecule has 8 nitrogen and oxygen atoms in total. The van der Waals surface area contributed by atoms with E-state index in [-0.39, 0.29) is 11.0 Å². The lowest BCUT2D eigenvalue weighted by Gasteiger charge is -2.33. The van der Waals surface area contributed by atoms with E-state index in [0.29, 0.717) is 5.02 Å². The third kappa shape index (κ3) is 6.40. The van der Waals surface area contributed by atoms with Crippen LogP contribution in [0.2, 0.25) is 5.02 Å². The SMILES string of the molecule is CN(C)S(=O)(=O)c1ccc(N2CCC(Oc3ccc(Cl)cc3)CC2)nc1.Nc1ccc2c(c1)CCO2. The summed E-state index contributed by atoms with van der Waals surface area (Å²) in [6, 6.07) is 16.5. The van der Waals surface area contributed by atoms with E-state index in [1.54, 1.807) is 12.1 Å². The second kappa shape index (κ2) is 11.4. The van der Waals surface area contributed by atoms with E-state index in [1.165, 1.54) is 30.2 Å². The summed E-state index contributed by atoms with van der Waals surface area (Å²) in [5, 5.41) is 0.693. The molecular formula is C26H31ClN4O4S. The summed E-state index contributed by atoms with van der Waals surface area (Å²) in [6.45, 7) is 2.43. The van der Waals surface area contributed by atoms with Gasteiger partial charge in [-0.25, -0.2) is 17.7 Å². The number of rotatable bonds is 5. The maximum Gasteiger partial charge on any atom is 0.244 e. The number of nitrogen functional groups attached to an aromatic ring is 1. The number of ether oxygens (including phenoxy) is 2. The van der Waals surface area contributed by atoms with Crippen LogP contribution in [0.3, 0.4) is 0 Å². The lowest BCUT2D eigenvalue weighted by molar-refractivity contribution is 0.170. The number of pyridine rings is 1. The quantitative estimate of drug-likeness (QED) is 0.493. The van der Waals surface area contributed by atoms with Crippen molar-refractivity contribution >= 4 is 33.1 Å². The molecule has 2 N–H and O–H groups in total. The number of piperidine rings is 1. The first-order valence-corrected chi connectivity index (χ1v) is 13.6. The Bertz CT molecular complexity index is 1260. The van der Waals surface area contributed by atoms with Crippen molar-refractivity contribution in [2.75, 3.05) is 44.4 Å². The second-order valence-electron chi connectivity index (χ2n) is 8.86. The molecule has 0 aliphatic carbocycles. The Kier molecular flexibility index (Phi) is 8.23. The van der Waals surface area contributed by atoms with Gasteiger partial charge in [0.1, 0.15) is 28.3 Å². The molecule has 0 unspecified atom stereocenters. The predicted octanol–water partition coefficient (Wildman–Crippen LogP) is 4.24. The number of sulfonamides is 1. The highest BCUT2D eigenvalue weighted by Gasteiger charge is 2.23. The first-order chi connectivity index (χ1) is 17.2. The Hall–Kier alpha value is -3.01. The Morgan fingerprint density at radius 2 is 1.81 bits per heavy atom. The molecule has 0 radical (unpaired) electrons. The molecule has 10 heteroatoms. The van der Waals surface area contributed by atoms with Gasteiger partial charge in [0.15, 0.2) is 0 Å². The zero-order chi connectivity index (χ0) is 25.7. The average Bonchev–Trinajstić information content (AvgIpc) is 3.34. The van der Waals surface area contributed by atoms with Crippen LogP contribution >= 0.6 is 11.6 Å². The fraction of sp³-hybridized carbons (Fsp3) is 0.346. The van der Waals surface area contributed by atoms with Gasteiger partial charge in [0.2, 0.25) is 10.0 Å². The Labute approximate surface area is 217 Å². The fourth-order valence-corrected chi connectivity index (χ4v) is 5.01. The van der Waals surface area contributed by atoms with Crippen LogP contribution in [-0.2, 0) is 16.4 Å². The van der Waals surface area contributed by atoms with Crippen molar-refractivity contribution in [1.29, 1.82) is 0 Å². The van der Waals surface area contributed by atoms with Crippen molar-refractivity contribution in [2.24, 2.45) is 0 Å². The monoisotopic (exact) mass is 530 g/mol. The van der Waals surface area contributed by atoms with Gasteiger partial charge in [0.05, 0.1) is 6.61 Å². The number of aromatic nitrogens is 1. The van der Waals surface area contributed by atoms with Gasteiger partial charge in [-0.1, -0.05) is 11.6 Å². The van der Waals surface area contributed by atoms with Gasteiger partial charge >= 0.3 is 0 Å². The highest BCUT2D eigenvalue weighted by atomic mass is 35.5. The fourth-order valence-electron chi connectivity index (χ4n) is 4.04. The van der Waals surface area contributed by atoms with E-state index < -0.39 is 10.0 Å². The van der Waals surface area contributed by atoms with E-state index in [1.807, 2.05) is 42.5 Å². The van der Waals surface area contributed by atoms with Crippen LogP contribution < -0.4 is 20.1 Å². The van der Waals surface area contributed by atoms with Gasteiger partial charge < -0.3 is 20.1 Å². The summed E-state index contributed by atoms with van der Waals surface area (Å²) in [7, 11) is -0.431. The van der Waals surface area contributed by atoms with Gasteiger partial charge in [-0.15, -0.1) is 0 Å². The number of fused-ring (bicyclic) bond motifs is 1. The predicted molar refractivity (Wildman–Crippen MR) is 142 cm³/mol. The molecule has 1 fully saturated rings. The van der Waals surface area contributed by atoms with Gasteiger partial charge in [-0.2, -0.15) is 0 Å². The number of benzene rings is 2. The van der Waals surface area contributed by atoms with E-state index in [9.17, 15) is 8.42 Å². The van der Waals surface area contributed by atoms with Crippen molar-refractivity contribution in [3.05, 3.63) is 71.4 Å². The number of halogens is 1. The molecule has 0 spiro atoms. The number of hydrogen-bond acceptors (Lipinski definition) is 7. The standard InChI is InChI=1S/C18H22ClN3O3S.C8H9NO/c1-21(2)26(23,24)17-7-8-18(20-13-17)22-11-9-16(10-12-22)25-15-5-3-14(19)4-6-15;9-7-1-2-8-6(5-7)3-4-10-8/h3-8,13,16H,9-12H2,1-2H3;1-2,5H,3-4,9H2. The van der Waals surface area contributed by atoms with Crippen LogP contribution in [0.4, 0.5) is 11.5 Å². The van der Waals surface area contributed by atoms with Crippen LogP contribution in [0, 0.1) is 0 Å². The van der Waals surface area contributed by atoms with Crippen LogP contribution in [0.5, 0.6) is 11.5 Å². The van der Waals surface area contributed by atoms with E-state index in [4.69, 9.17) is 26.8 Å². The molecule has 0 bridgehead atoms. The number of anilines is 2. The third-order valence-corrected chi connectivity index (χ3v) is 8.15. The highest BCUT2D eigenvalue weighted by molar-refractivity contribution is 7.89. The largest absolute Gasteiger partial charge is 0.493 e. The lowest BCUT2D eigenvalue weighted by atomic mass is 10.1. The molecule has 1 aromatic heterocycles. The Morgan fingerprint density at radius 3 is 2.44 bits per heavy atom. The minimum absolute atomic E-state index is 0.154. The first-order valence-electron chi connectivity index (χ1n) is 11.8. The second-order valence-corrected chi connectivity index (χ2v) is 11.5. The molecule has 36 heavy (non-hydrogen) atoms. The van der Waals surface area contributed by atoms with E-state index in [2.05, 4.69) is 9.88 Å². The minimum atomic E-state index is -3.45. The van der Waals surface area contributed by atoms with Crippen molar-refractivity contribution in [1.82, 2.24) is 9.29 Å². The number of hydrogen-bond donors (Lipinski definition) is 1. The summed E-state index contributed by atoms with van der Waals surface area (Å²) in [4.78, 5) is 6.68. The lowest BCUT2D eigenvalue weighted by Crippen LogP contribution is -2.38. The highest BCUT2D eigenvalue weighted by Crippen LogP contribution is 2.26. The van der Waals surface area contributed by atoms with Gasteiger partial charge in [0, 0.05) is 63.4 Å². The van der Waals surface area contributed by atoms with Crippen molar-refractivity contribution in [2.45, 2.75) is 30.3 Å². The summed E-state index contributed by atoms with van der Waals surface area (Å²) >= 11 is 5.89. The summed E-state index contributed by atoms with van der Waals surface area (Å²) in [5.74, 6) is 2.60. The Balaban J connectivity index is 0.000000251. The Morgan fingerprint density at radius 1 is 1.08 bits per heavy atom. The molecule has 1 saturated heterocycles. The summed E-state index contributed by atoms with van der Waals surface area (Å²) in [5.41, 5.74) is 7.63. The van der Waals surface area contributed by atoms with Crippen LogP contribution in [0.15, 0.2) is 65.7 Å². The third-order valence-electron chi connectivity index (χ3n) is 6.10. The maximum absolute atomic E-state index is 12.1. The van der Waals surface area contributed by atoms with Crippen molar-refractivity contribution in [3.63, 3.8) is 0 Å². The molecule has 3 aromatic rings. The maximum atomic E-state index is 12.1. The molecule has 5 rings (SSSR count). The molecule has 0 atom stereocenters. The molecule has 2 aliphatic rings. The minimum Gasteiger partial charge on any atom is -0.493 e. The molecule has 2 aromatic carbocycles. The van der Waals surface area contributed by atoms with Gasteiger partial charge in [-0.05, 0) is 60.2 Å². The topological polar surface area (TPSA) is 98.0 Å². The summed E-state index contributed by atoms with van der Waals surface area (Å²) in [6.07, 6.45) is 4.33. The number of nitrogens with two attached hydrogens (primary N) is 1. The molecule has 0 amide bonds. The average molecular weight is 531 g/mol. The van der Waals surface area contributed by atoms with E-state index in [0.717, 1.165) is 62.0 Å². The zero-order valence-corrected chi connectivity index (χ0v) is 22.0. The zero-order valence-electron chi connectivity index (χ0n) is 20.4. The van der Waals surface area contributed by atoms with Crippen LogP contribution in [0.1, 0.15) is 18.4 Å². The molecule has 0 saturated carbocycles. The molecule has 2 aliphatic heterocycles. The molecule has 192 valence electrons. The van der Waals surface area contributed by atoms with Crippen LogP contribution in [0.25, 0.3) is 0 Å².